The van der Waals surface area contributed by atoms with E-state index in [1.54, 1.807) is 24.3 Å². The van der Waals surface area contributed by atoms with Crippen molar-refractivity contribution in [3.8, 4) is 0 Å². The summed E-state index contributed by atoms with van der Waals surface area (Å²) < 4.78 is 27.4. The molecule has 154 valence electrons. The minimum Gasteiger partial charge on any atom is -0.322 e. The molecule has 0 aliphatic carbocycles. The van der Waals surface area contributed by atoms with Crippen molar-refractivity contribution < 1.29 is 18.0 Å². The SMILES string of the molecule is CC(=O)c1ccc(S(=O)(=O)NCc2ccc(C(=O)Nc3ccccc3C)cc2)cc1. The number of rotatable bonds is 7. The molecule has 3 aromatic rings. The first-order chi connectivity index (χ1) is 14.3. The second-order valence-corrected chi connectivity index (χ2v) is 8.64. The molecule has 3 aromatic carbocycles. The van der Waals surface area contributed by atoms with Crippen LogP contribution in [0.15, 0.2) is 77.7 Å². The zero-order valence-corrected chi connectivity index (χ0v) is 17.5. The molecule has 30 heavy (non-hydrogen) atoms. The maximum absolute atomic E-state index is 12.4. The smallest absolute Gasteiger partial charge is 0.255 e. The number of Topliss-reactive ketones (excluding diaryl/α,β-unsaturated/α-hetero) is 1. The molecule has 0 aromatic heterocycles. The molecular weight excluding hydrogens is 400 g/mol. The van der Waals surface area contributed by atoms with Crippen LogP contribution in [0.25, 0.3) is 0 Å². The number of aryl methyl sites for hydroxylation is 1. The van der Waals surface area contributed by atoms with E-state index >= 15 is 0 Å². The maximum atomic E-state index is 12.4. The van der Waals surface area contributed by atoms with E-state index in [1.807, 2.05) is 31.2 Å². The van der Waals surface area contributed by atoms with Crippen LogP contribution in [0.2, 0.25) is 0 Å². The Labute approximate surface area is 176 Å². The molecule has 6 nitrogen and oxygen atoms in total. The molecule has 0 atom stereocenters. The Kier molecular flexibility index (Phi) is 6.44. The van der Waals surface area contributed by atoms with Crippen molar-refractivity contribution in [2.24, 2.45) is 0 Å². The van der Waals surface area contributed by atoms with Crippen LogP contribution in [0.4, 0.5) is 5.69 Å². The summed E-state index contributed by atoms with van der Waals surface area (Å²) in [6.07, 6.45) is 0. The van der Waals surface area contributed by atoms with Crippen LogP contribution in [0, 0.1) is 6.92 Å². The summed E-state index contributed by atoms with van der Waals surface area (Å²) in [5, 5.41) is 2.86. The predicted octanol–water partition coefficient (Wildman–Crippen LogP) is 3.93. The van der Waals surface area contributed by atoms with Gasteiger partial charge in [-0.15, -0.1) is 0 Å². The number of sulfonamides is 1. The number of nitrogens with one attached hydrogen (secondary N) is 2. The molecule has 0 heterocycles. The lowest BCUT2D eigenvalue weighted by Gasteiger charge is -2.10. The third-order valence-corrected chi connectivity index (χ3v) is 6.06. The van der Waals surface area contributed by atoms with Crippen molar-refractivity contribution >= 4 is 27.4 Å². The molecule has 0 spiro atoms. The number of carbonyl (C=O) groups excluding carboxylic acids is 2. The molecule has 0 saturated heterocycles. The van der Waals surface area contributed by atoms with Crippen LogP contribution in [-0.2, 0) is 16.6 Å². The molecule has 0 radical (unpaired) electrons. The molecule has 0 aliphatic rings. The van der Waals surface area contributed by atoms with Gasteiger partial charge in [-0.1, -0.05) is 42.5 Å². The van der Waals surface area contributed by atoms with Crippen molar-refractivity contribution in [3.63, 3.8) is 0 Å². The lowest BCUT2D eigenvalue weighted by atomic mass is 10.1. The molecular formula is C23H22N2O4S. The highest BCUT2D eigenvalue weighted by Gasteiger charge is 2.14. The molecule has 0 aliphatic heterocycles. The Morgan fingerprint density at radius 2 is 1.43 bits per heavy atom. The number of carbonyl (C=O) groups is 2. The van der Waals surface area contributed by atoms with Gasteiger partial charge in [0.05, 0.1) is 4.90 Å². The van der Waals surface area contributed by atoms with Gasteiger partial charge in [0, 0.05) is 23.4 Å². The molecule has 0 saturated carbocycles. The van der Waals surface area contributed by atoms with E-state index in [1.165, 1.54) is 31.2 Å². The molecule has 0 unspecified atom stereocenters. The van der Waals surface area contributed by atoms with Crippen molar-refractivity contribution in [1.82, 2.24) is 4.72 Å². The van der Waals surface area contributed by atoms with Crippen LogP contribution in [-0.4, -0.2) is 20.1 Å². The monoisotopic (exact) mass is 422 g/mol. The summed E-state index contributed by atoms with van der Waals surface area (Å²) in [5.74, 6) is -0.361. The predicted molar refractivity (Wildman–Crippen MR) is 116 cm³/mol. The topological polar surface area (TPSA) is 92.3 Å². The number of ketones is 1. The third-order valence-electron chi connectivity index (χ3n) is 4.65. The van der Waals surface area contributed by atoms with Crippen LogP contribution in [0.5, 0.6) is 0 Å². The minimum absolute atomic E-state index is 0.0798. The minimum atomic E-state index is -3.71. The Bertz CT molecular complexity index is 1170. The lowest BCUT2D eigenvalue weighted by molar-refractivity contribution is 0.101. The summed E-state index contributed by atoms with van der Waals surface area (Å²) >= 11 is 0. The van der Waals surface area contributed by atoms with Gasteiger partial charge in [0.2, 0.25) is 10.0 Å². The molecule has 0 bridgehead atoms. The zero-order chi connectivity index (χ0) is 21.7. The Morgan fingerprint density at radius 1 is 0.833 bits per heavy atom. The standard InChI is InChI=1S/C23H22N2O4S/c1-16-5-3-4-6-22(16)25-23(27)20-9-7-18(8-10-20)15-24-30(28,29)21-13-11-19(12-14-21)17(2)26/h3-14,24H,15H2,1-2H3,(H,25,27). The molecule has 1 amide bonds. The van der Waals surface area contributed by atoms with E-state index in [2.05, 4.69) is 10.0 Å². The number of para-hydroxylation sites is 1. The first kappa shape index (κ1) is 21.4. The summed E-state index contributed by atoms with van der Waals surface area (Å²) in [5.41, 5.74) is 3.35. The fraction of sp³-hybridized carbons (Fsp3) is 0.130. The summed E-state index contributed by atoms with van der Waals surface area (Å²) in [4.78, 5) is 23.8. The van der Waals surface area contributed by atoms with E-state index in [4.69, 9.17) is 0 Å². The maximum Gasteiger partial charge on any atom is 0.255 e. The fourth-order valence-corrected chi connectivity index (χ4v) is 3.83. The second kappa shape index (κ2) is 9.02. The molecule has 2 N–H and O–H groups in total. The highest BCUT2D eigenvalue weighted by Crippen LogP contribution is 2.16. The molecule has 3 rings (SSSR count). The van der Waals surface area contributed by atoms with Crippen molar-refractivity contribution in [1.29, 1.82) is 0 Å². The highest BCUT2D eigenvalue weighted by molar-refractivity contribution is 7.89. The van der Waals surface area contributed by atoms with Gasteiger partial charge in [0.15, 0.2) is 5.78 Å². The van der Waals surface area contributed by atoms with Crippen molar-refractivity contribution in [3.05, 3.63) is 95.1 Å². The van der Waals surface area contributed by atoms with E-state index in [0.29, 0.717) is 16.7 Å². The Balaban J connectivity index is 1.63. The van der Waals surface area contributed by atoms with Crippen LogP contribution in [0.1, 0.15) is 38.8 Å². The first-order valence-corrected chi connectivity index (χ1v) is 10.8. The molecule has 0 fully saturated rings. The van der Waals surface area contributed by atoms with Gasteiger partial charge in [-0.2, -0.15) is 0 Å². The van der Waals surface area contributed by atoms with Gasteiger partial charge < -0.3 is 5.32 Å². The normalized spacial score (nSPS) is 11.1. The van der Waals surface area contributed by atoms with Crippen LogP contribution < -0.4 is 10.0 Å². The number of hydrogen-bond acceptors (Lipinski definition) is 4. The average molecular weight is 423 g/mol. The second-order valence-electron chi connectivity index (χ2n) is 6.87. The summed E-state index contributed by atoms with van der Waals surface area (Å²) in [6, 6.07) is 20.0. The number of amides is 1. The van der Waals surface area contributed by atoms with Gasteiger partial charge in [-0.25, -0.2) is 13.1 Å². The van der Waals surface area contributed by atoms with Gasteiger partial charge in [-0.3, -0.25) is 9.59 Å². The molecule has 7 heteroatoms. The number of anilines is 1. The lowest BCUT2D eigenvalue weighted by Crippen LogP contribution is -2.23. The van der Waals surface area contributed by atoms with Crippen LogP contribution in [0.3, 0.4) is 0 Å². The Morgan fingerprint density at radius 3 is 2.03 bits per heavy atom. The van der Waals surface area contributed by atoms with Crippen molar-refractivity contribution in [2.45, 2.75) is 25.3 Å². The quantitative estimate of drug-likeness (QED) is 0.564. The van der Waals surface area contributed by atoms with Gasteiger partial charge in [-0.05, 0) is 55.3 Å². The highest BCUT2D eigenvalue weighted by atomic mass is 32.2. The third kappa shape index (κ3) is 5.20. The van der Waals surface area contributed by atoms with E-state index in [0.717, 1.165) is 11.3 Å². The van der Waals surface area contributed by atoms with Gasteiger partial charge >= 0.3 is 0 Å². The fourth-order valence-electron chi connectivity index (χ4n) is 2.81. The van der Waals surface area contributed by atoms with E-state index in [9.17, 15) is 18.0 Å². The first-order valence-electron chi connectivity index (χ1n) is 9.33. The largest absolute Gasteiger partial charge is 0.322 e. The van der Waals surface area contributed by atoms with Gasteiger partial charge in [0.25, 0.3) is 5.91 Å². The average Bonchev–Trinajstić information content (AvgIpc) is 2.74. The van der Waals surface area contributed by atoms with Gasteiger partial charge in [0.1, 0.15) is 0 Å². The number of benzene rings is 3. The number of hydrogen-bond donors (Lipinski definition) is 2. The summed E-state index contributed by atoms with van der Waals surface area (Å²) in [6.45, 7) is 3.42. The summed E-state index contributed by atoms with van der Waals surface area (Å²) in [7, 11) is -3.71. The van der Waals surface area contributed by atoms with Crippen LogP contribution >= 0.6 is 0 Å². The zero-order valence-electron chi connectivity index (χ0n) is 16.7. The van der Waals surface area contributed by atoms with E-state index in [-0.39, 0.29) is 23.1 Å². The Hall–Kier alpha value is -3.29. The van der Waals surface area contributed by atoms with E-state index < -0.39 is 10.0 Å². The van der Waals surface area contributed by atoms with Crippen molar-refractivity contribution in [2.75, 3.05) is 5.32 Å².